The third-order valence-corrected chi connectivity index (χ3v) is 3.87. The number of nitrogens with zero attached hydrogens (tertiary/aromatic N) is 2. The van der Waals surface area contributed by atoms with Crippen molar-refractivity contribution in [2.75, 3.05) is 13.2 Å². The van der Waals surface area contributed by atoms with Gasteiger partial charge in [0, 0.05) is 26.1 Å². The summed E-state index contributed by atoms with van der Waals surface area (Å²) in [6.07, 6.45) is 6.10. The van der Waals surface area contributed by atoms with E-state index in [9.17, 15) is 0 Å². The van der Waals surface area contributed by atoms with Gasteiger partial charge >= 0.3 is 0 Å². The highest BCUT2D eigenvalue weighted by Crippen LogP contribution is 2.29. The van der Waals surface area contributed by atoms with Crippen molar-refractivity contribution < 1.29 is 9.47 Å². The molecule has 0 aromatic heterocycles. The smallest absolute Gasteiger partial charge is 0.176 e. The molecule has 0 heterocycles. The third kappa shape index (κ3) is 11.1. The largest absolute Gasteiger partial charge is 0.352 e. The molecule has 0 saturated heterocycles. The van der Waals surface area contributed by atoms with Crippen LogP contribution >= 0.6 is 0 Å². The van der Waals surface area contributed by atoms with E-state index in [2.05, 4.69) is 51.8 Å². The topological polar surface area (TPSA) is 43.2 Å². The molecule has 0 amide bonds. The zero-order chi connectivity index (χ0) is 18.6. The summed E-state index contributed by atoms with van der Waals surface area (Å²) < 4.78 is 12.2. The number of hydrogen-bond donors (Lipinski definition) is 0. The highest BCUT2D eigenvalue weighted by molar-refractivity contribution is 4.77. The fourth-order valence-corrected chi connectivity index (χ4v) is 2.86. The lowest BCUT2D eigenvalue weighted by Crippen LogP contribution is -2.33. The molecule has 4 heteroatoms. The number of hydrogen-bond acceptors (Lipinski definition) is 4. The zero-order valence-electron chi connectivity index (χ0n) is 17.5. The second kappa shape index (κ2) is 12.0. The summed E-state index contributed by atoms with van der Waals surface area (Å²) in [4.78, 5) is 0. The van der Waals surface area contributed by atoms with Crippen LogP contribution in [0.4, 0.5) is 0 Å². The minimum atomic E-state index is -0.560. The zero-order valence-corrected chi connectivity index (χ0v) is 17.5. The van der Waals surface area contributed by atoms with Crippen molar-refractivity contribution in [3.63, 3.8) is 0 Å². The van der Waals surface area contributed by atoms with Gasteiger partial charge in [0.05, 0.1) is 0 Å². The van der Waals surface area contributed by atoms with E-state index in [4.69, 9.17) is 9.47 Å². The fraction of sp³-hybridized carbons (Fsp3) is 1.00. The number of azo groups is 1. The molecule has 0 rings (SSSR count). The third-order valence-electron chi connectivity index (χ3n) is 3.87. The molecule has 0 aromatic carbocycles. The van der Waals surface area contributed by atoms with Crippen LogP contribution in [0.2, 0.25) is 0 Å². The summed E-state index contributed by atoms with van der Waals surface area (Å²) >= 11 is 0. The van der Waals surface area contributed by atoms with Gasteiger partial charge in [-0.05, 0) is 38.5 Å². The van der Waals surface area contributed by atoms with E-state index in [0.717, 1.165) is 51.7 Å². The van der Waals surface area contributed by atoms with Crippen molar-refractivity contribution in [1.29, 1.82) is 0 Å². The summed E-state index contributed by atoms with van der Waals surface area (Å²) in [6, 6.07) is 0. The quantitative estimate of drug-likeness (QED) is 0.264. The maximum Gasteiger partial charge on any atom is 0.176 e. The molecule has 0 N–H and O–H groups in total. The SMILES string of the molecule is CCCCOC(C)(CC(C)C)N=NC(C)(CC(C)C)OCCCC. The van der Waals surface area contributed by atoms with Gasteiger partial charge in [0.15, 0.2) is 11.4 Å². The molecule has 0 aliphatic heterocycles. The van der Waals surface area contributed by atoms with E-state index in [1.807, 2.05) is 13.8 Å². The Kier molecular flexibility index (Phi) is 11.7. The first kappa shape index (κ1) is 23.5. The number of ether oxygens (including phenoxy) is 2. The molecule has 0 aromatic rings. The minimum absolute atomic E-state index is 0.507. The van der Waals surface area contributed by atoms with Gasteiger partial charge in [0.1, 0.15) is 0 Å². The summed E-state index contributed by atoms with van der Waals surface area (Å²) in [5.74, 6) is 1.01. The normalized spacial score (nSPS) is 17.6. The average Bonchev–Trinajstić information content (AvgIpc) is 2.44. The highest BCUT2D eigenvalue weighted by atomic mass is 16.5. The minimum Gasteiger partial charge on any atom is -0.352 e. The number of unbranched alkanes of at least 4 members (excludes halogenated alkanes) is 2. The second-order valence-electron chi connectivity index (χ2n) is 8.15. The van der Waals surface area contributed by atoms with Gasteiger partial charge in [-0.1, -0.05) is 54.4 Å². The molecular weight excluding hydrogens is 300 g/mol. The summed E-state index contributed by atoms with van der Waals surface area (Å²) in [7, 11) is 0. The first-order valence-electron chi connectivity index (χ1n) is 9.88. The Morgan fingerprint density at radius 2 is 1.04 bits per heavy atom. The van der Waals surface area contributed by atoms with Crippen molar-refractivity contribution in [3.8, 4) is 0 Å². The van der Waals surface area contributed by atoms with Crippen molar-refractivity contribution >= 4 is 0 Å². The Morgan fingerprint density at radius 1 is 0.708 bits per heavy atom. The molecule has 4 nitrogen and oxygen atoms in total. The predicted molar refractivity (Wildman–Crippen MR) is 102 cm³/mol. The molecule has 0 aliphatic rings. The first-order chi connectivity index (χ1) is 11.2. The maximum absolute atomic E-state index is 6.09. The predicted octanol–water partition coefficient (Wildman–Crippen LogP) is 6.60. The molecular formula is C20H42N2O2. The van der Waals surface area contributed by atoms with E-state index in [1.165, 1.54) is 0 Å². The Bertz CT molecular complexity index is 313. The Labute approximate surface area is 150 Å². The van der Waals surface area contributed by atoms with Crippen LogP contribution in [-0.4, -0.2) is 24.7 Å². The Hall–Kier alpha value is -0.480. The highest BCUT2D eigenvalue weighted by Gasteiger charge is 2.30. The molecule has 0 spiro atoms. The number of rotatable bonds is 14. The first-order valence-corrected chi connectivity index (χ1v) is 9.88. The van der Waals surface area contributed by atoms with Gasteiger partial charge in [-0.3, -0.25) is 0 Å². The molecule has 0 fully saturated rings. The molecule has 144 valence electrons. The molecule has 0 saturated carbocycles. The van der Waals surface area contributed by atoms with E-state index in [1.54, 1.807) is 0 Å². The summed E-state index contributed by atoms with van der Waals surface area (Å²) in [5.41, 5.74) is -1.12. The van der Waals surface area contributed by atoms with Crippen molar-refractivity contribution in [1.82, 2.24) is 0 Å². The van der Waals surface area contributed by atoms with E-state index in [-0.39, 0.29) is 0 Å². The van der Waals surface area contributed by atoms with Crippen LogP contribution in [-0.2, 0) is 9.47 Å². The van der Waals surface area contributed by atoms with Crippen LogP contribution in [0.25, 0.3) is 0 Å². The van der Waals surface area contributed by atoms with Crippen LogP contribution in [0.3, 0.4) is 0 Å². The van der Waals surface area contributed by atoms with Gasteiger partial charge in [-0.25, -0.2) is 0 Å². The molecule has 2 atom stereocenters. The molecule has 24 heavy (non-hydrogen) atoms. The lowest BCUT2D eigenvalue weighted by Gasteiger charge is -2.30. The lowest BCUT2D eigenvalue weighted by molar-refractivity contribution is -0.0735. The Morgan fingerprint density at radius 3 is 1.29 bits per heavy atom. The van der Waals surface area contributed by atoms with E-state index < -0.39 is 11.4 Å². The molecule has 0 aliphatic carbocycles. The van der Waals surface area contributed by atoms with Crippen LogP contribution in [0.1, 0.15) is 93.9 Å². The van der Waals surface area contributed by atoms with E-state index in [0.29, 0.717) is 11.8 Å². The maximum atomic E-state index is 6.09. The van der Waals surface area contributed by atoms with Crippen LogP contribution in [0, 0.1) is 11.8 Å². The molecule has 0 bridgehead atoms. The van der Waals surface area contributed by atoms with Crippen LogP contribution in [0.5, 0.6) is 0 Å². The van der Waals surface area contributed by atoms with Crippen LogP contribution < -0.4 is 0 Å². The summed E-state index contributed by atoms with van der Waals surface area (Å²) in [5, 5.41) is 9.30. The van der Waals surface area contributed by atoms with Crippen molar-refractivity contribution in [3.05, 3.63) is 0 Å². The second-order valence-corrected chi connectivity index (χ2v) is 8.15. The fourth-order valence-electron chi connectivity index (χ4n) is 2.86. The Balaban J connectivity index is 5.08. The van der Waals surface area contributed by atoms with Gasteiger partial charge in [0.2, 0.25) is 0 Å². The molecule has 0 radical (unpaired) electrons. The summed E-state index contributed by atoms with van der Waals surface area (Å²) in [6.45, 7) is 18.7. The monoisotopic (exact) mass is 342 g/mol. The molecule has 2 unspecified atom stereocenters. The lowest BCUT2D eigenvalue weighted by atomic mass is 10.0. The van der Waals surface area contributed by atoms with Gasteiger partial charge in [-0.15, -0.1) is 0 Å². The van der Waals surface area contributed by atoms with Gasteiger partial charge in [0.25, 0.3) is 0 Å². The van der Waals surface area contributed by atoms with Crippen molar-refractivity contribution in [2.24, 2.45) is 22.1 Å². The van der Waals surface area contributed by atoms with Gasteiger partial charge in [-0.2, -0.15) is 10.2 Å². The average molecular weight is 343 g/mol. The van der Waals surface area contributed by atoms with Gasteiger partial charge < -0.3 is 9.47 Å². The van der Waals surface area contributed by atoms with Crippen LogP contribution in [0.15, 0.2) is 10.2 Å². The standard InChI is InChI=1S/C20H42N2O2/c1-9-11-13-23-19(7,15-17(3)4)21-22-20(8,16-18(5)6)24-14-12-10-2/h17-18H,9-16H2,1-8H3. The van der Waals surface area contributed by atoms with Crippen molar-refractivity contribution in [2.45, 2.75) is 105 Å². The van der Waals surface area contributed by atoms with E-state index >= 15 is 0 Å².